The van der Waals surface area contributed by atoms with E-state index in [2.05, 4.69) is 54.2 Å². The molecule has 1 aromatic heterocycles. The molecule has 0 atom stereocenters. The summed E-state index contributed by atoms with van der Waals surface area (Å²) < 4.78 is 0. The van der Waals surface area contributed by atoms with Gasteiger partial charge in [-0.1, -0.05) is 52.2 Å². The van der Waals surface area contributed by atoms with Crippen molar-refractivity contribution in [2.75, 3.05) is 20.1 Å². The summed E-state index contributed by atoms with van der Waals surface area (Å²) in [4.78, 5) is 20.1. The van der Waals surface area contributed by atoms with Crippen LogP contribution in [0.25, 0.3) is 10.9 Å². The topological polar surface area (TPSA) is 71.9 Å². The number of rotatable bonds is 7. The van der Waals surface area contributed by atoms with Crippen LogP contribution >= 0.6 is 0 Å². The van der Waals surface area contributed by atoms with Crippen LogP contribution in [0.5, 0.6) is 0 Å². The zero-order valence-corrected chi connectivity index (χ0v) is 22.1. The first kappa shape index (κ1) is 24.7. The molecule has 2 aromatic carbocycles. The summed E-state index contributed by atoms with van der Waals surface area (Å²) in [6.07, 6.45) is 7.47. The second-order valence-electron chi connectivity index (χ2n) is 11.1. The van der Waals surface area contributed by atoms with E-state index in [1.54, 1.807) is 6.07 Å². The molecule has 5 heteroatoms. The van der Waals surface area contributed by atoms with Gasteiger partial charge in [0.15, 0.2) is 5.78 Å². The summed E-state index contributed by atoms with van der Waals surface area (Å²) in [6, 6.07) is 12.9. The molecule has 36 heavy (non-hydrogen) atoms. The number of hydrogen-bond donors (Lipinski definition) is 2. The Bertz CT molecular complexity index is 1340. The Morgan fingerprint density at radius 1 is 1.14 bits per heavy atom. The molecule has 0 saturated heterocycles. The number of likely N-dealkylation sites (N-methyl/N-ethyl adjacent to an activating group) is 1. The van der Waals surface area contributed by atoms with Gasteiger partial charge in [-0.2, -0.15) is 5.26 Å². The summed E-state index contributed by atoms with van der Waals surface area (Å²) >= 11 is 0. The van der Waals surface area contributed by atoms with Gasteiger partial charge in [-0.05, 0) is 61.2 Å². The van der Waals surface area contributed by atoms with Crippen molar-refractivity contribution in [3.8, 4) is 6.07 Å². The highest BCUT2D eigenvalue weighted by Crippen LogP contribution is 2.44. The van der Waals surface area contributed by atoms with Crippen LogP contribution in [-0.2, 0) is 18.4 Å². The lowest BCUT2D eigenvalue weighted by Crippen LogP contribution is -2.40. The van der Waals surface area contributed by atoms with Gasteiger partial charge >= 0.3 is 0 Å². The molecule has 1 fully saturated rings. The third-order valence-electron chi connectivity index (χ3n) is 8.53. The van der Waals surface area contributed by atoms with E-state index in [1.807, 2.05) is 19.2 Å². The molecule has 1 saturated carbocycles. The highest BCUT2D eigenvalue weighted by Gasteiger charge is 2.40. The molecular weight excluding hydrogens is 444 g/mol. The van der Waals surface area contributed by atoms with Crippen molar-refractivity contribution < 1.29 is 4.79 Å². The lowest BCUT2D eigenvalue weighted by molar-refractivity contribution is 0.103. The number of aryl methyl sites for hydroxylation is 1. The fraction of sp³-hybridized carbons (Fsp3) is 0.484. The molecule has 0 aliphatic heterocycles. The SMILES string of the molecule is CCc1cc2c(cc1CN(CCNC)C1CCCCC1)C(C)(C)c1[nH]c3cc(C#N)ccc3c1C2=O. The Balaban J connectivity index is 1.58. The number of fused-ring (bicyclic) bond motifs is 4. The van der Waals surface area contributed by atoms with Crippen molar-refractivity contribution in [1.29, 1.82) is 5.26 Å². The number of carbonyl (C=O) groups is 1. The number of aromatic nitrogens is 1. The first-order valence-corrected chi connectivity index (χ1v) is 13.5. The number of carbonyl (C=O) groups excluding carboxylic acids is 1. The van der Waals surface area contributed by atoms with E-state index in [4.69, 9.17) is 0 Å². The van der Waals surface area contributed by atoms with Gasteiger partial charge in [0.1, 0.15) is 0 Å². The molecule has 0 unspecified atom stereocenters. The third-order valence-corrected chi connectivity index (χ3v) is 8.53. The highest BCUT2D eigenvalue weighted by atomic mass is 16.1. The number of hydrogen-bond acceptors (Lipinski definition) is 4. The predicted octanol–water partition coefficient (Wildman–Crippen LogP) is 5.83. The molecular formula is C31H38N4O. The van der Waals surface area contributed by atoms with Gasteiger partial charge in [0.25, 0.3) is 0 Å². The van der Waals surface area contributed by atoms with Gasteiger partial charge in [-0.15, -0.1) is 0 Å². The average Bonchev–Trinajstić information content (AvgIpc) is 3.30. The van der Waals surface area contributed by atoms with E-state index >= 15 is 0 Å². The number of aromatic amines is 1. The second-order valence-corrected chi connectivity index (χ2v) is 11.1. The van der Waals surface area contributed by atoms with Crippen LogP contribution in [0.15, 0.2) is 30.3 Å². The summed E-state index contributed by atoms with van der Waals surface area (Å²) in [5.41, 5.74) is 7.41. The number of nitrogens with zero attached hydrogens (tertiary/aromatic N) is 2. The molecule has 0 radical (unpaired) electrons. The Labute approximate surface area is 214 Å². The van der Waals surface area contributed by atoms with Crippen LogP contribution in [0, 0.1) is 11.3 Å². The molecule has 0 amide bonds. The first-order valence-electron chi connectivity index (χ1n) is 13.5. The monoisotopic (exact) mass is 482 g/mol. The van der Waals surface area contributed by atoms with Gasteiger partial charge in [-0.25, -0.2) is 0 Å². The quantitative estimate of drug-likeness (QED) is 0.445. The van der Waals surface area contributed by atoms with Crippen molar-refractivity contribution in [2.45, 2.75) is 77.3 Å². The van der Waals surface area contributed by atoms with Gasteiger partial charge < -0.3 is 10.3 Å². The van der Waals surface area contributed by atoms with Gasteiger partial charge in [-0.3, -0.25) is 9.69 Å². The lowest BCUT2D eigenvalue weighted by Gasteiger charge is -2.36. The van der Waals surface area contributed by atoms with Crippen LogP contribution in [0.1, 0.15) is 96.7 Å². The minimum atomic E-state index is -0.341. The van der Waals surface area contributed by atoms with E-state index < -0.39 is 0 Å². The molecule has 0 bridgehead atoms. The average molecular weight is 483 g/mol. The Kier molecular flexibility index (Phi) is 6.76. The maximum atomic E-state index is 13.9. The molecule has 188 valence electrons. The summed E-state index contributed by atoms with van der Waals surface area (Å²) in [5.74, 6) is 0.0934. The molecule has 0 spiro atoms. The number of ketones is 1. The van der Waals surface area contributed by atoms with E-state index in [1.165, 1.54) is 43.2 Å². The van der Waals surface area contributed by atoms with E-state index in [0.29, 0.717) is 11.6 Å². The standard InChI is InChI=1S/C31H38N4O/c1-5-21-16-25-26(17-22(21)19-35(14-13-33-4)23-9-7-6-8-10-23)31(2,3)30-28(29(25)36)24-12-11-20(18-32)15-27(24)34-30/h11-12,15-17,23,33-34H,5-10,13-14,19H2,1-4H3. The molecule has 2 aliphatic carbocycles. The maximum Gasteiger partial charge on any atom is 0.195 e. The summed E-state index contributed by atoms with van der Waals surface area (Å²) in [7, 11) is 2.03. The van der Waals surface area contributed by atoms with Crippen LogP contribution in [-0.4, -0.2) is 41.8 Å². The zero-order valence-electron chi connectivity index (χ0n) is 22.1. The number of benzene rings is 2. The van der Waals surface area contributed by atoms with Crippen molar-refractivity contribution in [3.05, 3.63) is 69.4 Å². The van der Waals surface area contributed by atoms with E-state index in [9.17, 15) is 10.1 Å². The normalized spacial score (nSPS) is 17.3. The summed E-state index contributed by atoms with van der Waals surface area (Å²) in [5, 5.41) is 13.6. The highest BCUT2D eigenvalue weighted by molar-refractivity contribution is 6.20. The largest absolute Gasteiger partial charge is 0.357 e. The Hall–Kier alpha value is -2.94. The third kappa shape index (κ3) is 4.17. The van der Waals surface area contributed by atoms with Crippen molar-refractivity contribution in [2.24, 2.45) is 0 Å². The molecule has 2 N–H and O–H groups in total. The summed E-state index contributed by atoms with van der Waals surface area (Å²) in [6.45, 7) is 9.58. The van der Waals surface area contributed by atoms with Crippen LogP contribution in [0.3, 0.4) is 0 Å². The van der Waals surface area contributed by atoms with Crippen LogP contribution < -0.4 is 5.32 Å². The number of nitrogens with one attached hydrogen (secondary N) is 2. The van der Waals surface area contributed by atoms with Gasteiger partial charge in [0.2, 0.25) is 0 Å². The maximum absolute atomic E-state index is 13.9. The van der Waals surface area contributed by atoms with Crippen LogP contribution in [0.4, 0.5) is 0 Å². The van der Waals surface area contributed by atoms with Crippen molar-refractivity contribution in [3.63, 3.8) is 0 Å². The minimum Gasteiger partial charge on any atom is -0.357 e. The second kappa shape index (κ2) is 9.84. The Morgan fingerprint density at radius 3 is 2.61 bits per heavy atom. The van der Waals surface area contributed by atoms with Crippen molar-refractivity contribution in [1.82, 2.24) is 15.2 Å². The first-order chi connectivity index (χ1) is 17.4. The molecule has 3 aromatic rings. The van der Waals surface area contributed by atoms with Gasteiger partial charge in [0.05, 0.1) is 17.2 Å². The predicted molar refractivity (Wildman–Crippen MR) is 146 cm³/mol. The smallest absolute Gasteiger partial charge is 0.195 e. The van der Waals surface area contributed by atoms with E-state index in [0.717, 1.165) is 59.3 Å². The fourth-order valence-corrected chi connectivity index (χ4v) is 6.42. The number of H-pyrrole nitrogens is 1. The molecule has 2 aliphatic rings. The molecule has 1 heterocycles. The minimum absolute atomic E-state index is 0.0934. The zero-order chi connectivity index (χ0) is 25.4. The Morgan fingerprint density at radius 2 is 1.92 bits per heavy atom. The van der Waals surface area contributed by atoms with Crippen molar-refractivity contribution >= 4 is 16.7 Å². The van der Waals surface area contributed by atoms with E-state index in [-0.39, 0.29) is 11.2 Å². The number of nitriles is 1. The fourth-order valence-electron chi connectivity index (χ4n) is 6.42. The van der Waals surface area contributed by atoms with Gasteiger partial charge in [0, 0.05) is 53.3 Å². The lowest BCUT2D eigenvalue weighted by atomic mass is 9.70. The molecule has 5 rings (SSSR count). The van der Waals surface area contributed by atoms with Crippen LogP contribution in [0.2, 0.25) is 0 Å². The molecule has 5 nitrogen and oxygen atoms in total.